The summed E-state index contributed by atoms with van der Waals surface area (Å²) in [5.74, 6) is 2.10. The number of hydrogen-bond donors (Lipinski definition) is 1. The predicted molar refractivity (Wildman–Crippen MR) is 119 cm³/mol. The van der Waals surface area contributed by atoms with Crippen molar-refractivity contribution in [3.05, 3.63) is 41.4 Å². The number of piperidine rings is 1. The molecule has 0 atom stereocenters. The number of hydrogen-bond acceptors (Lipinski definition) is 5. The minimum Gasteiger partial charge on any atom is -0.360 e. The van der Waals surface area contributed by atoms with Gasteiger partial charge >= 0.3 is 0 Å². The van der Waals surface area contributed by atoms with E-state index >= 15 is 0 Å². The lowest BCUT2D eigenvalue weighted by Crippen LogP contribution is -2.52. The van der Waals surface area contributed by atoms with Gasteiger partial charge in [0.2, 0.25) is 0 Å². The molecule has 0 radical (unpaired) electrons. The fourth-order valence-electron chi connectivity index (χ4n) is 3.97. The average Bonchev–Trinajstić information content (AvgIpc) is 3.30. The monoisotopic (exact) mass is 398 g/mol. The zero-order valence-electron chi connectivity index (χ0n) is 16.7. The predicted octanol–water partition coefficient (Wildman–Crippen LogP) is 3.03. The van der Waals surface area contributed by atoms with Crippen molar-refractivity contribution in [2.75, 3.05) is 56.1 Å². The van der Waals surface area contributed by atoms with E-state index in [1.807, 2.05) is 24.6 Å². The molecule has 0 spiro atoms. The molecule has 4 heterocycles. The van der Waals surface area contributed by atoms with Crippen molar-refractivity contribution in [2.24, 2.45) is 4.99 Å². The minimum atomic E-state index is 0.779. The lowest BCUT2D eigenvalue weighted by molar-refractivity contribution is 0.373. The van der Waals surface area contributed by atoms with Crippen molar-refractivity contribution < 1.29 is 0 Å². The fraction of sp³-hybridized carbons (Fsp3) is 0.524. The molecular formula is C21H30N6S. The van der Waals surface area contributed by atoms with Gasteiger partial charge in [0, 0.05) is 59.1 Å². The van der Waals surface area contributed by atoms with Crippen molar-refractivity contribution in [1.29, 1.82) is 0 Å². The first-order chi connectivity index (χ1) is 13.8. The Bertz CT molecular complexity index is 761. The molecule has 4 rings (SSSR count). The highest BCUT2D eigenvalue weighted by atomic mass is 32.1. The number of pyridine rings is 1. The van der Waals surface area contributed by atoms with E-state index in [2.05, 4.69) is 59.6 Å². The number of aromatic nitrogens is 1. The lowest BCUT2D eigenvalue weighted by atomic mass is 10.1. The van der Waals surface area contributed by atoms with E-state index in [9.17, 15) is 0 Å². The third kappa shape index (κ3) is 4.58. The molecule has 2 aromatic rings. The van der Waals surface area contributed by atoms with Crippen LogP contribution < -0.4 is 15.1 Å². The third-order valence-corrected chi connectivity index (χ3v) is 6.48. The van der Waals surface area contributed by atoms with Gasteiger partial charge < -0.3 is 20.0 Å². The van der Waals surface area contributed by atoms with Crippen LogP contribution in [-0.4, -0.2) is 62.2 Å². The molecule has 0 unspecified atom stereocenters. The first-order valence-electron chi connectivity index (χ1n) is 10.3. The van der Waals surface area contributed by atoms with Crippen molar-refractivity contribution in [1.82, 2.24) is 15.2 Å². The first kappa shape index (κ1) is 19.1. The third-order valence-electron chi connectivity index (χ3n) is 5.55. The minimum absolute atomic E-state index is 0.779. The van der Waals surface area contributed by atoms with Crippen molar-refractivity contribution in [3.63, 3.8) is 0 Å². The Morgan fingerprint density at radius 1 is 1.07 bits per heavy atom. The fourth-order valence-corrected chi connectivity index (χ4v) is 4.75. The second-order valence-electron chi connectivity index (χ2n) is 7.40. The molecule has 2 aliphatic rings. The average molecular weight is 399 g/mol. The number of thiophene rings is 1. The molecule has 0 aliphatic carbocycles. The van der Waals surface area contributed by atoms with E-state index in [1.165, 1.54) is 29.8 Å². The molecule has 0 bridgehead atoms. The quantitative estimate of drug-likeness (QED) is 0.634. The highest BCUT2D eigenvalue weighted by molar-refractivity contribution is 7.14. The SMILES string of the molecule is CN=C(NCc1ccnc(N2CCCCC2)c1)N1CCN(c2cccs2)CC1. The second-order valence-corrected chi connectivity index (χ2v) is 8.32. The lowest BCUT2D eigenvalue weighted by Gasteiger charge is -2.37. The van der Waals surface area contributed by atoms with Crippen molar-refractivity contribution in [2.45, 2.75) is 25.8 Å². The van der Waals surface area contributed by atoms with Crippen molar-refractivity contribution in [3.8, 4) is 0 Å². The maximum absolute atomic E-state index is 4.59. The molecule has 6 nitrogen and oxygen atoms in total. The number of nitrogens with zero attached hydrogens (tertiary/aromatic N) is 5. The van der Waals surface area contributed by atoms with Crippen LogP contribution in [0, 0.1) is 0 Å². The van der Waals surface area contributed by atoms with Crippen LogP contribution in [0.4, 0.5) is 10.8 Å². The molecule has 7 heteroatoms. The van der Waals surface area contributed by atoms with Gasteiger partial charge in [0.15, 0.2) is 5.96 Å². The highest BCUT2D eigenvalue weighted by Crippen LogP contribution is 2.22. The van der Waals surface area contributed by atoms with Crippen LogP contribution in [0.2, 0.25) is 0 Å². The highest BCUT2D eigenvalue weighted by Gasteiger charge is 2.20. The van der Waals surface area contributed by atoms with Gasteiger partial charge in [-0.25, -0.2) is 4.98 Å². The molecule has 150 valence electrons. The van der Waals surface area contributed by atoms with E-state index in [0.717, 1.165) is 57.6 Å². The molecule has 28 heavy (non-hydrogen) atoms. The van der Waals surface area contributed by atoms with Gasteiger partial charge in [-0.2, -0.15) is 0 Å². The molecule has 2 saturated heterocycles. The topological polar surface area (TPSA) is 47.0 Å². The summed E-state index contributed by atoms with van der Waals surface area (Å²) in [6, 6.07) is 8.65. The normalized spacial score (nSPS) is 18.5. The Kier molecular flexibility index (Phi) is 6.31. The van der Waals surface area contributed by atoms with Crippen LogP contribution in [0.5, 0.6) is 0 Å². The number of nitrogens with one attached hydrogen (secondary N) is 1. The molecule has 0 amide bonds. The van der Waals surface area contributed by atoms with E-state index in [0.29, 0.717) is 0 Å². The zero-order valence-corrected chi connectivity index (χ0v) is 17.5. The summed E-state index contributed by atoms with van der Waals surface area (Å²) >= 11 is 1.82. The number of aliphatic imine (C=N–C) groups is 1. The van der Waals surface area contributed by atoms with E-state index < -0.39 is 0 Å². The number of piperazine rings is 1. The molecule has 2 aromatic heterocycles. The van der Waals surface area contributed by atoms with Crippen molar-refractivity contribution >= 4 is 28.1 Å². The summed E-state index contributed by atoms with van der Waals surface area (Å²) in [7, 11) is 1.87. The van der Waals surface area contributed by atoms with Crippen LogP contribution in [0.25, 0.3) is 0 Å². The Labute approximate surface area is 171 Å². The Morgan fingerprint density at radius 2 is 1.89 bits per heavy atom. The van der Waals surface area contributed by atoms with Gasteiger partial charge in [-0.1, -0.05) is 0 Å². The summed E-state index contributed by atoms with van der Waals surface area (Å²) < 4.78 is 0. The zero-order chi connectivity index (χ0) is 19.2. The number of rotatable bonds is 4. The van der Waals surface area contributed by atoms with Gasteiger partial charge in [0.1, 0.15) is 5.82 Å². The molecular weight excluding hydrogens is 368 g/mol. The van der Waals surface area contributed by atoms with Crippen LogP contribution in [0.3, 0.4) is 0 Å². The Morgan fingerprint density at radius 3 is 2.61 bits per heavy atom. The molecule has 2 fully saturated rings. The maximum Gasteiger partial charge on any atom is 0.194 e. The van der Waals surface area contributed by atoms with Crippen LogP contribution >= 0.6 is 11.3 Å². The molecule has 0 aromatic carbocycles. The molecule has 2 aliphatic heterocycles. The first-order valence-corrected chi connectivity index (χ1v) is 11.2. The number of guanidine groups is 1. The molecule has 1 N–H and O–H groups in total. The Balaban J connectivity index is 1.31. The summed E-state index contributed by atoms with van der Waals surface area (Å²) in [5.41, 5.74) is 1.26. The molecule has 0 saturated carbocycles. The van der Waals surface area contributed by atoms with Gasteiger partial charge in [0.05, 0.1) is 5.00 Å². The Hall–Kier alpha value is -2.28. The largest absolute Gasteiger partial charge is 0.360 e. The maximum atomic E-state index is 4.59. The van der Waals surface area contributed by atoms with Gasteiger partial charge in [0.25, 0.3) is 0 Å². The summed E-state index contributed by atoms with van der Waals surface area (Å²) in [6.45, 7) is 7.09. The van der Waals surface area contributed by atoms with Crippen LogP contribution in [0.15, 0.2) is 40.8 Å². The smallest absolute Gasteiger partial charge is 0.194 e. The van der Waals surface area contributed by atoms with Crippen LogP contribution in [0.1, 0.15) is 24.8 Å². The van der Waals surface area contributed by atoms with Gasteiger partial charge in [-0.15, -0.1) is 11.3 Å². The van der Waals surface area contributed by atoms with E-state index in [-0.39, 0.29) is 0 Å². The van der Waals surface area contributed by atoms with E-state index in [4.69, 9.17) is 0 Å². The van der Waals surface area contributed by atoms with Gasteiger partial charge in [-0.05, 0) is 54.5 Å². The summed E-state index contributed by atoms with van der Waals surface area (Å²) in [5, 5.41) is 7.06. The van der Waals surface area contributed by atoms with Crippen LogP contribution in [-0.2, 0) is 6.54 Å². The summed E-state index contributed by atoms with van der Waals surface area (Å²) in [6.07, 6.45) is 5.82. The van der Waals surface area contributed by atoms with E-state index in [1.54, 1.807) is 0 Å². The number of anilines is 2. The second kappa shape index (κ2) is 9.28. The standard InChI is InChI=1S/C21H30N6S/c1-22-21(27-13-11-26(12-14-27)20-6-5-15-28-20)24-17-18-7-8-23-19(16-18)25-9-3-2-4-10-25/h5-8,15-16H,2-4,9-14,17H2,1H3,(H,22,24). The van der Waals surface area contributed by atoms with Gasteiger partial charge in [-0.3, -0.25) is 4.99 Å². The summed E-state index contributed by atoms with van der Waals surface area (Å²) in [4.78, 5) is 16.3.